The molecular formula is C21H19F2N3OS. The molecule has 4 nitrogen and oxygen atoms in total. The Hall–Kier alpha value is -2.82. The Morgan fingerprint density at radius 3 is 2.46 bits per heavy atom. The first-order valence-electron chi connectivity index (χ1n) is 8.71. The Labute approximate surface area is 167 Å². The Balaban J connectivity index is 2.08. The number of thiocarbonyl (C=S) groups is 1. The van der Waals surface area contributed by atoms with Gasteiger partial charge in [-0.25, -0.2) is 8.78 Å². The fourth-order valence-corrected chi connectivity index (χ4v) is 3.78. The zero-order chi connectivity index (χ0) is 20.4. The molecule has 3 rings (SSSR count). The molecule has 1 heterocycles. The maximum atomic E-state index is 13.1. The number of benzene rings is 2. The lowest BCUT2D eigenvalue weighted by molar-refractivity contribution is 0.151. The van der Waals surface area contributed by atoms with Crippen molar-refractivity contribution < 1.29 is 13.9 Å². The maximum absolute atomic E-state index is 13.1. The molecule has 1 aliphatic rings. The minimum atomic E-state index is -2.59. The summed E-state index contributed by atoms with van der Waals surface area (Å²) in [6, 6.07) is 14.7. The standard InChI is InChI=1S/C21H19F2N3OS/c1-12-18(13(2)27)19(15-8-6-14(11-24)7-9-15)25-21(28)26(12)17-5-3-4-16(10-17)20(22)23/h3-10,13,19-20,27H,1-2H3,(H,25,28). The molecule has 0 aromatic heterocycles. The number of hydrogen-bond acceptors (Lipinski definition) is 3. The third-order valence-electron chi connectivity index (χ3n) is 4.74. The van der Waals surface area contributed by atoms with E-state index in [4.69, 9.17) is 17.5 Å². The van der Waals surface area contributed by atoms with Crippen molar-refractivity contribution >= 4 is 23.0 Å². The highest BCUT2D eigenvalue weighted by Crippen LogP contribution is 2.36. The molecule has 7 heteroatoms. The normalized spacial score (nSPS) is 18.1. The molecule has 0 fully saturated rings. The molecule has 0 amide bonds. The molecule has 2 atom stereocenters. The number of rotatable bonds is 4. The van der Waals surface area contributed by atoms with Crippen LogP contribution in [0, 0.1) is 11.3 Å². The highest BCUT2D eigenvalue weighted by atomic mass is 32.1. The van der Waals surface area contributed by atoms with Gasteiger partial charge in [-0.2, -0.15) is 5.26 Å². The van der Waals surface area contributed by atoms with Gasteiger partial charge in [0.25, 0.3) is 6.43 Å². The van der Waals surface area contributed by atoms with Gasteiger partial charge >= 0.3 is 0 Å². The van der Waals surface area contributed by atoms with E-state index < -0.39 is 12.5 Å². The highest BCUT2D eigenvalue weighted by molar-refractivity contribution is 7.80. The Morgan fingerprint density at radius 2 is 1.89 bits per heavy atom. The van der Waals surface area contributed by atoms with Crippen LogP contribution in [0.25, 0.3) is 0 Å². The first kappa shape index (κ1) is 19.9. The second-order valence-corrected chi connectivity index (χ2v) is 6.95. The average molecular weight is 399 g/mol. The van der Waals surface area contributed by atoms with Crippen molar-refractivity contribution in [2.75, 3.05) is 4.90 Å². The average Bonchev–Trinajstić information content (AvgIpc) is 2.67. The van der Waals surface area contributed by atoms with Gasteiger partial charge < -0.3 is 10.4 Å². The van der Waals surface area contributed by atoms with Crippen LogP contribution in [0.5, 0.6) is 0 Å². The van der Waals surface area contributed by atoms with Crippen LogP contribution in [0.15, 0.2) is 59.8 Å². The molecule has 0 spiro atoms. The van der Waals surface area contributed by atoms with Crippen molar-refractivity contribution in [3.63, 3.8) is 0 Å². The fraction of sp³-hybridized carbons (Fsp3) is 0.238. The van der Waals surface area contributed by atoms with Crippen molar-refractivity contribution in [3.05, 3.63) is 76.5 Å². The van der Waals surface area contributed by atoms with Crippen LogP contribution in [0.3, 0.4) is 0 Å². The number of nitriles is 1. The molecule has 0 radical (unpaired) electrons. The smallest absolute Gasteiger partial charge is 0.263 e. The number of aliphatic hydroxyl groups is 1. The number of nitrogens with zero attached hydrogens (tertiary/aromatic N) is 2. The van der Waals surface area contributed by atoms with Gasteiger partial charge in [0, 0.05) is 22.5 Å². The second kappa shape index (κ2) is 8.05. The number of nitrogens with one attached hydrogen (secondary N) is 1. The molecule has 144 valence electrons. The number of allylic oxidation sites excluding steroid dienone is 1. The first-order chi connectivity index (χ1) is 13.3. The summed E-state index contributed by atoms with van der Waals surface area (Å²) >= 11 is 5.52. The van der Waals surface area contributed by atoms with Crippen LogP contribution in [0.2, 0.25) is 0 Å². The number of hydrogen-bond donors (Lipinski definition) is 2. The van der Waals surface area contributed by atoms with E-state index in [1.165, 1.54) is 12.1 Å². The molecule has 2 aromatic rings. The van der Waals surface area contributed by atoms with E-state index >= 15 is 0 Å². The highest BCUT2D eigenvalue weighted by Gasteiger charge is 2.33. The second-order valence-electron chi connectivity index (χ2n) is 6.56. The zero-order valence-corrected chi connectivity index (χ0v) is 16.2. The summed E-state index contributed by atoms with van der Waals surface area (Å²) in [7, 11) is 0. The van der Waals surface area contributed by atoms with E-state index in [2.05, 4.69) is 11.4 Å². The minimum Gasteiger partial charge on any atom is -0.389 e. The summed E-state index contributed by atoms with van der Waals surface area (Å²) in [5.41, 5.74) is 3.15. The minimum absolute atomic E-state index is 0.0964. The number of halogens is 2. The van der Waals surface area contributed by atoms with Crippen LogP contribution in [-0.4, -0.2) is 16.3 Å². The molecule has 0 aliphatic carbocycles. The van der Waals surface area contributed by atoms with Crippen molar-refractivity contribution in [1.29, 1.82) is 5.26 Å². The lowest BCUT2D eigenvalue weighted by Crippen LogP contribution is -2.48. The van der Waals surface area contributed by atoms with Crippen molar-refractivity contribution in [3.8, 4) is 6.07 Å². The first-order valence-corrected chi connectivity index (χ1v) is 9.11. The van der Waals surface area contributed by atoms with Crippen LogP contribution >= 0.6 is 12.2 Å². The van der Waals surface area contributed by atoms with E-state index in [9.17, 15) is 13.9 Å². The topological polar surface area (TPSA) is 59.3 Å². The van der Waals surface area contributed by atoms with E-state index in [0.717, 1.165) is 5.56 Å². The molecule has 28 heavy (non-hydrogen) atoms. The Kier molecular flexibility index (Phi) is 5.73. The molecule has 2 N–H and O–H groups in total. The zero-order valence-electron chi connectivity index (χ0n) is 15.4. The van der Waals surface area contributed by atoms with E-state index in [1.807, 2.05) is 12.1 Å². The molecule has 1 aliphatic heterocycles. The number of alkyl halides is 2. The van der Waals surface area contributed by atoms with Gasteiger partial charge in [0.05, 0.1) is 23.8 Å². The van der Waals surface area contributed by atoms with E-state index in [0.29, 0.717) is 27.6 Å². The van der Waals surface area contributed by atoms with Gasteiger partial charge in [-0.3, -0.25) is 4.90 Å². The van der Waals surface area contributed by atoms with E-state index in [-0.39, 0.29) is 11.6 Å². The summed E-state index contributed by atoms with van der Waals surface area (Å²) in [5, 5.41) is 23.0. The van der Waals surface area contributed by atoms with Crippen molar-refractivity contribution in [1.82, 2.24) is 5.32 Å². The van der Waals surface area contributed by atoms with Gasteiger partial charge in [0.15, 0.2) is 5.11 Å². The van der Waals surface area contributed by atoms with E-state index in [1.54, 1.807) is 43.0 Å². The molecule has 0 saturated heterocycles. The molecule has 2 unspecified atom stereocenters. The van der Waals surface area contributed by atoms with Gasteiger partial charge in [-0.1, -0.05) is 24.3 Å². The monoisotopic (exact) mass is 399 g/mol. The quantitative estimate of drug-likeness (QED) is 0.737. The van der Waals surface area contributed by atoms with Crippen LogP contribution in [-0.2, 0) is 0 Å². The largest absolute Gasteiger partial charge is 0.389 e. The summed E-state index contributed by atoms with van der Waals surface area (Å²) in [5.74, 6) is 0. The Bertz CT molecular complexity index is 964. The van der Waals surface area contributed by atoms with Crippen molar-refractivity contribution in [2.24, 2.45) is 0 Å². The van der Waals surface area contributed by atoms with Crippen LogP contribution in [0.1, 0.15) is 43.0 Å². The van der Waals surface area contributed by atoms with Crippen molar-refractivity contribution in [2.45, 2.75) is 32.4 Å². The summed E-state index contributed by atoms with van der Waals surface area (Å²) in [4.78, 5) is 1.66. The third kappa shape index (κ3) is 3.75. The SMILES string of the molecule is CC1=C(C(C)O)C(c2ccc(C#N)cc2)NC(=S)N1c1cccc(C(F)F)c1. The van der Waals surface area contributed by atoms with Crippen LogP contribution < -0.4 is 10.2 Å². The van der Waals surface area contributed by atoms with Crippen LogP contribution in [0.4, 0.5) is 14.5 Å². The lowest BCUT2D eigenvalue weighted by atomic mass is 9.91. The maximum Gasteiger partial charge on any atom is 0.263 e. The lowest BCUT2D eigenvalue weighted by Gasteiger charge is -2.39. The molecule has 0 bridgehead atoms. The van der Waals surface area contributed by atoms with Gasteiger partial charge in [-0.15, -0.1) is 0 Å². The number of anilines is 1. The summed E-state index contributed by atoms with van der Waals surface area (Å²) in [6.07, 6.45) is -3.38. The summed E-state index contributed by atoms with van der Waals surface area (Å²) in [6.45, 7) is 3.46. The Morgan fingerprint density at radius 1 is 1.21 bits per heavy atom. The van der Waals surface area contributed by atoms with Gasteiger partial charge in [0.2, 0.25) is 0 Å². The van der Waals surface area contributed by atoms with Gasteiger partial charge in [0.1, 0.15) is 0 Å². The number of aliphatic hydroxyl groups excluding tert-OH is 1. The molecule has 0 saturated carbocycles. The van der Waals surface area contributed by atoms with Gasteiger partial charge in [-0.05, 0) is 55.9 Å². The summed E-state index contributed by atoms with van der Waals surface area (Å²) < 4.78 is 26.2. The molecular weight excluding hydrogens is 380 g/mol. The fourth-order valence-electron chi connectivity index (χ4n) is 3.42. The molecule has 2 aromatic carbocycles. The third-order valence-corrected chi connectivity index (χ3v) is 5.04. The predicted octanol–water partition coefficient (Wildman–Crippen LogP) is 4.59. The predicted molar refractivity (Wildman–Crippen MR) is 108 cm³/mol.